The smallest absolute Gasteiger partial charge is 0.0184 e. The molecule has 106 valence electrons. The molecule has 0 aliphatic heterocycles. The second-order valence-electron chi connectivity index (χ2n) is 3.23. The van der Waals surface area contributed by atoms with Crippen LogP contribution in [0.4, 0.5) is 0 Å². The highest BCUT2D eigenvalue weighted by molar-refractivity contribution is 5.63. The average molecular weight is 258 g/mol. The van der Waals surface area contributed by atoms with Crippen LogP contribution in [0.3, 0.4) is 0 Å². The van der Waals surface area contributed by atoms with Crippen molar-refractivity contribution in [3.63, 3.8) is 0 Å². The van der Waals surface area contributed by atoms with Gasteiger partial charge in [0.2, 0.25) is 0 Å². The molecule has 0 spiro atoms. The van der Waals surface area contributed by atoms with Crippen LogP contribution in [-0.2, 0) is 0 Å². The lowest BCUT2D eigenvalue weighted by Gasteiger charge is -2.00. The Morgan fingerprint density at radius 2 is 0.842 bits per heavy atom. The van der Waals surface area contributed by atoms with Crippen LogP contribution < -0.4 is 0 Å². The Kier molecular flexibility index (Phi) is 15.1. The summed E-state index contributed by atoms with van der Waals surface area (Å²) in [6, 6.07) is 19.0. The lowest BCUT2D eigenvalue weighted by molar-refractivity contribution is 1.47. The lowest BCUT2D eigenvalue weighted by Crippen LogP contribution is -1.76. The van der Waals surface area contributed by atoms with Crippen molar-refractivity contribution in [1.29, 1.82) is 0 Å². The quantitative estimate of drug-likeness (QED) is 0.531. The van der Waals surface area contributed by atoms with E-state index in [-0.39, 0.29) is 0 Å². The van der Waals surface area contributed by atoms with Crippen molar-refractivity contribution in [1.82, 2.24) is 0 Å². The largest absolute Gasteiger partial charge is 0.0683 e. The second-order valence-corrected chi connectivity index (χ2v) is 3.23. The third-order valence-corrected chi connectivity index (χ3v) is 2.16. The summed E-state index contributed by atoms with van der Waals surface area (Å²) in [6.45, 7) is 14.1. The van der Waals surface area contributed by atoms with Gasteiger partial charge >= 0.3 is 0 Å². The maximum atomic E-state index is 2.16. The number of rotatable bonds is 1. The SMILES string of the molecule is CC.CC.CC.Cc1ccc(-c2ccccc2)cc1. The van der Waals surface area contributed by atoms with Gasteiger partial charge in [0.1, 0.15) is 0 Å². The molecule has 0 aliphatic carbocycles. The van der Waals surface area contributed by atoms with Gasteiger partial charge < -0.3 is 0 Å². The summed E-state index contributed by atoms with van der Waals surface area (Å²) in [5.41, 5.74) is 3.87. The molecule has 0 radical (unpaired) electrons. The molecule has 0 unspecified atom stereocenters. The van der Waals surface area contributed by atoms with E-state index in [1.165, 1.54) is 16.7 Å². The Labute approximate surface area is 120 Å². The van der Waals surface area contributed by atoms with Crippen molar-refractivity contribution in [2.24, 2.45) is 0 Å². The molecule has 0 heterocycles. The van der Waals surface area contributed by atoms with E-state index in [1.807, 2.05) is 47.6 Å². The first kappa shape index (κ1) is 19.8. The summed E-state index contributed by atoms with van der Waals surface area (Å²) in [7, 11) is 0. The third kappa shape index (κ3) is 8.20. The van der Waals surface area contributed by atoms with Crippen molar-refractivity contribution in [2.45, 2.75) is 48.5 Å². The first-order valence-corrected chi connectivity index (χ1v) is 7.48. The van der Waals surface area contributed by atoms with Crippen LogP contribution in [0.2, 0.25) is 0 Å². The number of hydrogen-bond acceptors (Lipinski definition) is 0. The van der Waals surface area contributed by atoms with Gasteiger partial charge in [0, 0.05) is 0 Å². The Morgan fingerprint density at radius 3 is 1.26 bits per heavy atom. The molecule has 0 fully saturated rings. The summed E-state index contributed by atoms with van der Waals surface area (Å²) < 4.78 is 0. The van der Waals surface area contributed by atoms with Crippen molar-refractivity contribution in [2.75, 3.05) is 0 Å². The Hall–Kier alpha value is -1.56. The molecule has 0 heteroatoms. The lowest BCUT2D eigenvalue weighted by atomic mass is 10.0. The van der Waals surface area contributed by atoms with Crippen molar-refractivity contribution < 1.29 is 0 Å². The predicted octanol–water partition coefficient (Wildman–Crippen LogP) is 6.74. The molecule has 2 rings (SSSR count). The zero-order valence-electron chi connectivity index (χ0n) is 13.7. The monoisotopic (exact) mass is 258 g/mol. The molecule has 19 heavy (non-hydrogen) atoms. The summed E-state index contributed by atoms with van der Waals surface area (Å²) in [6.07, 6.45) is 0. The Bertz CT molecular complexity index is 371. The van der Waals surface area contributed by atoms with Crippen LogP contribution in [0, 0.1) is 6.92 Å². The fourth-order valence-electron chi connectivity index (χ4n) is 1.38. The van der Waals surface area contributed by atoms with E-state index in [2.05, 4.69) is 55.5 Å². The molecule has 0 aliphatic rings. The first-order chi connectivity index (χ1) is 9.36. The van der Waals surface area contributed by atoms with E-state index in [9.17, 15) is 0 Å². The second kappa shape index (κ2) is 14.5. The van der Waals surface area contributed by atoms with Crippen LogP contribution >= 0.6 is 0 Å². The highest BCUT2D eigenvalue weighted by Crippen LogP contribution is 2.18. The van der Waals surface area contributed by atoms with Gasteiger partial charge in [-0.05, 0) is 18.1 Å². The van der Waals surface area contributed by atoms with Crippen molar-refractivity contribution in [3.8, 4) is 11.1 Å². The van der Waals surface area contributed by atoms with E-state index in [0.29, 0.717) is 0 Å². The summed E-state index contributed by atoms with van der Waals surface area (Å²) in [5, 5.41) is 0. The van der Waals surface area contributed by atoms with E-state index in [0.717, 1.165) is 0 Å². The van der Waals surface area contributed by atoms with Gasteiger partial charge in [0.15, 0.2) is 0 Å². The van der Waals surface area contributed by atoms with Crippen molar-refractivity contribution >= 4 is 0 Å². The number of hydrogen-bond donors (Lipinski definition) is 0. The third-order valence-electron chi connectivity index (χ3n) is 2.16. The van der Waals surface area contributed by atoms with Gasteiger partial charge in [-0.25, -0.2) is 0 Å². The first-order valence-electron chi connectivity index (χ1n) is 7.48. The maximum absolute atomic E-state index is 2.16. The van der Waals surface area contributed by atoms with Gasteiger partial charge in [-0.2, -0.15) is 0 Å². The van der Waals surface area contributed by atoms with E-state index < -0.39 is 0 Å². The molecular formula is C19H30. The highest BCUT2D eigenvalue weighted by atomic mass is 14.0. The molecule has 2 aromatic carbocycles. The topological polar surface area (TPSA) is 0 Å². The van der Waals surface area contributed by atoms with Gasteiger partial charge in [-0.15, -0.1) is 0 Å². The molecule has 0 saturated heterocycles. The Morgan fingerprint density at radius 1 is 0.474 bits per heavy atom. The summed E-state index contributed by atoms with van der Waals surface area (Å²) in [4.78, 5) is 0. The van der Waals surface area contributed by atoms with E-state index in [1.54, 1.807) is 0 Å². The summed E-state index contributed by atoms with van der Waals surface area (Å²) >= 11 is 0. The molecule has 0 aromatic heterocycles. The predicted molar refractivity (Wildman–Crippen MR) is 90.7 cm³/mol. The van der Waals surface area contributed by atoms with Gasteiger partial charge in [0.05, 0.1) is 0 Å². The van der Waals surface area contributed by atoms with E-state index in [4.69, 9.17) is 0 Å². The molecule has 0 bridgehead atoms. The molecule has 0 atom stereocenters. The minimum Gasteiger partial charge on any atom is -0.0683 e. The number of aryl methyl sites for hydroxylation is 1. The standard InChI is InChI=1S/C13H12.3C2H6/c1-11-7-9-13(10-8-11)12-5-3-2-4-6-12;3*1-2/h2-10H,1H3;3*1-2H3. The molecule has 0 amide bonds. The fourth-order valence-corrected chi connectivity index (χ4v) is 1.38. The van der Waals surface area contributed by atoms with Crippen LogP contribution in [0.25, 0.3) is 11.1 Å². The van der Waals surface area contributed by atoms with Crippen molar-refractivity contribution in [3.05, 3.63) is 60.2 Å². The average Bonchev–Trinajstić information content (AvgIpc) is 2.55. The van der Waals surface area contributed by atoms with E-state index >= 15 is 0 Å². The molecule has 2 aromatic rings. The minimum absolute atomic E-state index is 1.28. The number of benzene rings is 2. The molecule has 0 nitrogen and oxygen atoms in total. The Balaban J connectivity index is 0. The molecule has 0 N–H and O–H groups in total. The van der Waals surface area contributed by atoms with Crippen LogP contribution in [0.15, 0.2) is 54.6 Å². The zero-order valence-corrected chi connectivity index (χ0v) is 13.7. The van der Waals surface area contributed by atoms with Gasteiger partial charge in [-0.1, -0.05) is 102 Å². The van der Waals surface area contributed by atoms with Crippen LogP contribution in [0.5, 0.6) is 0 Å². The zero-order chi connectivity index (χ0) is 15.1. The van der Waals surface area contributed by atoms with Gasteiger partial charge in [-0.3, -0.25) is 0 Å². The molecular weight excluding hydrogens is 228 g/mol. The highest BCUT2D eigenvalue weighted by Gasteiger charge is 1.93. The maximum Gasteiger partial charge on any atom is -0.0184 e. The normalized spacial score (nSPS) is 7.74. The molecule has 0 saturated carbocycles. The van der Waals surface area contributed by atoms with Crippen LogP contribution in [-0.4, -0.2) is 0 Å². The summed E-state index contributed by atoms with van der Waals surface area (Å²) in [5.74, 6) is 0. The fraction of sp³-hybridized carbons (Fsp3) is 0.368. The van der Waals surface area contributed by atoms with Crippen LogP contribution in [0.1, 0.15) is 47.1 Å². The minimum atomic E-state index is 1.28. The van der Waals surface area contributed by atoms with Gasteiger partial charge in [0.25, 0.3) is 0 Å².